The van der Waals surface area contributed by atoms with Crippen LogP contribution < -0.4 is 0 Å². The number of nitrogens with one attached hydrogen (secondary N) is 1. The van der Waals surface area contributed by atoms with E-state index >= 15 is 0 Å². The van der Waals surface area contributed by atoms with Crippen molar-refractivity contribution in [3.8, 4) is 0 Å². The van der Waals surface area contributed by atoms with Crippen LogP contribution in [0.15, 0.2) is 24.3 Å². The molecule has 0 saturated heterocycles. The number of fused-ring (bicyclic) bond motifs is 1. The average molecular weight is 275 g/mol. The smallest absolute Gasteiger partial charge is 0.103 e. The van der Waals surface area contributed by atoms with Gasteiger partial charge in [0, 0.05) is 26.9 Å². The van der Waals surface area contributed by atoms with E-state index in [9.17, 15) is 5.11 Å². The molecule has 74 valence electrons. The van der Waals surface area contributed by atoms with Gasteiger partial charge < -0.3 is 10.1 Å². The van der Waals surface area contributed by atoms with Gasteiger partial charge in [-0.15, -0.1) is 0 Å². The summed E-state index contributed by atoms with van der Waals surface area (Å²) in [5.74, 6) is 0. The van der Waals surface area contributed by atoms with E-state index in [4.69, 9.17) is 11.6 Å². The van der Waals surface area contributed by atoms with Gasteiger partial charge in [0.25, 0.3) is 0 Å². The van der Waals surface area contributed by atoms with Gasteiger partial charge in [-0.25, -0.2) is 0 Å². The van der Waals surface area contributed by atoms with Gasteiger partial charge in [0.15, 0.2) is 0 Å². The van der Waals surface area contributed by atoms with Crippen LogP contribution in [0, 0.1) is 0 Å². The Morgan fingerprint density at radius 1 is 1.43 bits per heavy atom. The fourth-order valence-electron chi connectivity index (χ4n) is 1.39. The fourth-order valence-corrected chi connectivity index (χ4v) is 1.92. The molecule has 1 heterocycles. The third-order valence-corrected chi connectivity index (χ3v) is 2.96. The summed E-state index contributed by atoms with van der Waals surface area (Å²) in [6.07, 6.45) is -0.499. The van der Waals surface area contributed by atoms with Crippen molar-refractivity contribution in [1.82, 2.24) is 4.98 Å². The van der Waals surface area contributed by atoms with Gasteiger partial charge in [-0.2, -0.15) is 0 Å². The maximum atomic E-state index is 9.59. The number of hydrogen-bond acceptors (Lipinski definition) is 1. The predicted octanol–water partition coefficient (Wildman–Crippen LogP) is 3.25. The monoisotopic (exact) mass is 273 g/mol. The molecule has 0 fully saturated rings. The molecule has 4 heteroatoms. The molecular formula is C10H9BrClNO. The normalized spacial score (nSPS) is 13.4. The molecule has 2 rings (SSSR count). The zero-order valence-electron chi connectivity index (χ0n) is 7.30. The van der Waals surface area contributed by atoms with Crippen molar-refractivity contribution in [2.45, 2.75) is 6.10 Å². The molecule has 0 amide bonds. The highest BCUT2D eigenvalue weighted by Crippen LogP contribution is 2.23. The Balaban J connectivity index is 2.51. The molecule has 0 bridgehead atoms. The second-order valence-corrected chi connectivity index (χ2v) is 4.21. The van der Waals surface area contributed by atoms with E-state index in [2.05, 4.69) is 20.9 Å². The van der Waals surface area contributed by atoms with Crippen LogP contribution in [0.3, 0.4) is 0 Å². The highest BCUT2D eigenvalue weighted by Gasteiger charge is 2.08. The second-order valence-electron chi connectivity index (χ2n) is 3.13. The molecule has 2 nitrogen and oxygen atoms in total. The minimum Gasteiger partial charge on any atom is -0.386 e. The standard InChI is InChI=1S/C10H9BrClNO/c11-5-10(14)9-4-6-3-7(12)1-2-8(6)13-9/h1-4,10,13-14H,5H2. The van der Waals surface area contributed by atoms with E-state index in [0.29, 0.717) is 10.4 Å². The maximum Gasteiger partial charge on any atom is 0.103 e. The number of aromatic nitrogens is 1. The largest absolute Gasteiger partial charge is 0.386 e. The van der Waals surface area contributed by atoms with Gasteiger partial charge in [0.1, 0.15) is 6.10 Å². The van der Waals surface area contributed by atoms with E-state index in [0.717, 1.165) is 16.6 Å². The van der Waals surface area contributed by atoms with Crippen LogP contribution in [0.25, 0.3) is 10.9 Å². The first-order valence-corrected chi connectivity index (χ1v) is 5.73. The highest BCUT2D eigenvalue weighted by atomic mass is 79.9. The Labute approximate surface area is 95.0 Å². The van der Waals surface area contributed by atoms with Crippen molar-refractivity contribution >= 4 is 38.4 Å². The molecule has 2 N–H and O–H groups in total. The summed E-state index contributed by atoms with van der Waals surface area (Å²) in [6, 6.07) is 7.51. The number of aliphatic hydroxyl groups excluding tert-OH is 1. The van der Waals surface area contributed by atoms with E-state index in [1.807, 2.05) is 24.3 Å². The Kier molecular flexibility index (Phi) is 2.81. The summed E-state index contributed by atoms with van der Waals surface area (Å²) in [5, 5.41) is 11.8. The third-order valence-electron chi connectivity index (χ3n) is 2.11. The number of rotatable bonds is 2. The number of alkyl halides is 1. The zero-order chi connectivity index (χ0) is 10.1. The van der Waals surface area contributed by atoms with Gasteiger partial charge in [0.2, 0.25) is 0 Å². The van der Waals surface area contributed by atoms with Crippen LogP contribution in [-0.4, -0.2) is 15.4 Å². The van der Waals surface area contributed by atoms with E-state index in [1.54, 1.807) is 0 Å². The van der Waals surface area contributed by atoms with Gasteiger partial charge in [-0.05, 0) is 24.3 Å². The minimum absolute atomic E-state index is 0.499. The van der Waals surface area contributed by atoms with Gasteiger partial charge >= 0.3 is 0 Å². The molecule has 0 aliphatic carbocycles. The molecule has 0 saturated carbocycles. The zero-order valence-corrected chi connectivity index (χ0v) is 9.64. The van der Waals surface area contributed by atoms with Crippen LogP contribution in [0.4, 0.5) is 0 Å². The average Bonchev–Trinajstić information content (AvgIpc) is 2.59. The van der Waals surface area contributed by atoms with Gasteiger partial charge in [-0.1, -0.05) is 27.5 Å². The topological polar surface area (TPSA) is 36.0 Å². The van der Waals surface area contributed by atoms with Gasteiger partial charge in [0.05, 0.1) is 0 Å². The summed E-state index contributed by atoms with van der Waals surface area (Å²) < 4.78 is 0. The molecule has 1 aromatic heterocycles. The summed E-state index contributed by atoms with van der Waals surface area (Å²) in [5.41, 5.74) is 1.79. The van der Waals surface area contributed by atoms with Crippen molar-refractivity contribution in [3.63, 3.8) is 0 Å². The van der Waals surface area contributed by atoms with Crippen LogP contribution in [0.1, 0.15) is 11.8 Å². The summed E-state index contributed by atoms with van der Waals surface area (Å²) in [4.78, 5) is 3.13. The molecule has 0 aliphatic rings. The van der Waals surface area contributed by atoms with Crippen molar-refractivity contribution in [1.29, 1.82) is 0 Å². The SMILES string of the molecule is OC(CBr)c1cc2cc(Cl)ccc2[nH]1. The quantitative estimate of drug-likeness (QED) is 0.810. The highest BCUT2D eigenvalue weighted by molar-refractivity contribution is 9.09. The lowest BCUT2D eigenvalue weighted by molar-refractivity contribution is 0.201. The number of aromatic amines is 1. The molecule has 0 radical (unpaired) electrons. The Bertz CT molecular complexity index is 454. The summed E-state index contributed by atoms with van der Waals surface area (Å²) in [6.45, 7) is 0. The number of halogens is 2. The Morgan fingerprint density at radius 3 is 2.93 bits per heavy atom. The first-order valence-electron chi connectivity index (χ1n) is 4.23. The lowest BCUT2D eigenvalue weighted by Gasteiger charge is -2.01. The number of hydrogen-bond donors (Lipinski definition) is 2. The van der Waals surface area contributed by atoms with E-state index in [1.165, 1.54) is 0 Å². The van der Waals surface area contributed by atoms with E-state index in [-0.39, 0.29) is 0 Å². The lowest BCUT2D eigenvalue weighted by atomic mass is 10.2. The molecular weight excluding hydrogens is 265 g/mol. The summed E-state index contributed by atoms with van der Waals surface area (Å²) in [7, 11) is 0. The number of aliphatic hydroxyl groups is 1. The molecule has 1 atom stereocenters. The van der Waals surface area contributed by atoms with E-state index < -0.39 is 6.10 Å². The van der Waals surface area contributed by atoms with Crippen LogP contribution in [0.2, 0.25) is 5.02 Å². The van der Waals surface area contributed by atoms with Crippen LogP contribution in [0.5, 0.6) is 0 Å². The van der Waals surface area contributed by atoms with Crippen molar-refractivity contribution in [2.24, 2.45) is 0 Å². The lowest BCUT2D eigenvalue weighted by Crippen LogP contribution is -1.97. The first-order chi connectivity index (χ1) is 6.70. The Morgan fingerprint density at radius 2 is 2.21 bits per heavy atom. The third kappa shape index (κ3) is 1.80. The minimum atomic E-state index is -0.499. The molecule has 2 aromatic rings. The second kappa shape index (κ2) is 3.93. The Hall–Kier alpha value is -0.510. The van der Waals surface area contributed by atoms with Gasteiger partial charge in [-0.3, -0.25) is 0 Å². The first kappa shape index (κ1) is 10.0. The fraction of sp³-hybridized carbons (Fsp3) is 0.200. The molecule has 1 unspecified atom stereocenters. The summed E-state index contributed by atoms with van der Waals surface area (Å²) >= 11 is 9.08. The molecule has 1 aromatic carbocycles. The van der Waals surface area contributed by atoms with Crippen molar-refractivity contribution in [3.05, 3.63) is 35.0 Å². The molecule has 14 heavy (non-hydrogen) atoms. The van der Waals surface area contributed by atoms with Crippen LogP contribution >= 0.6 is 27.5 Å². The maximum absolute atomic E-state index is 9.59. The van der Waals surface area contributed by atoms with Crippen LogP contribution in [-0.2, 0) is 0 Å². The van der Waals surface area contributed by atoms with Crippen molar-refractivity contribution in [2.75, 3.05) is 5.33 Å². The number of H-pyrrole nitrogens is 1. The van der Waals surface area contributed by atoms with Crippen molar-refractivity contribution < 1.29 is 5.11 Å². The number of benzene rings is 1. The predicted molar refractivity (Wildman–Crippen MR) is 62.1 cm³/mol. The molecule has 0 spiro atoms. The molecule has 0 aliphatic heterocycles.